The average Bonchev–Trinajstić information content (AvgIpc) is 3.42. The van der Waals surface area contributed by atoms with Crippen LogP contribution < -0.4 is 10.6 Å². The summed E-state index contributed by atoms with van der Waals surface area (Å²) in [6, 6.07) is 26.3. The minimum Gasteiger partial charge on any atom is -0.465 e. The van der Waals surface area contributed by atoms with Gasteiger partial charge in [0.15, 0.2) is 5.78 Å². The van der Waals surface area contributed by atoms with Gasteiger partial charge in [0, 0.05) is 22.9 Å². The molecule has 0 atom stereocenters. The Bertz CT molecular complexity index is 1420. The van der Waals surface area contributed by atoms with Crippen LogP contribution in [0.2, 0.25) is 0 Å². The van der Waals surface area contributed by atoms with E-state index in [4.69, 9.17) is 4.42 Å². The first-order valence-corrected chi connectivity index (χ1v) is 11.3. The predicted molar refractivity (Wildman–Crippen MR) is 140 cm³/mol. The molecule has 6 nitrogen and oxygen atoms in total. The number of rotatable bonds is 8. The zero-order valence-corrected chi connectivity index (χ0v) is 19.6. The number of carbonyl (C=O) groups is 3. The molecular weight excluding hydrogens is 452 g/mol. The summed E-state index contributed by atoms with van der Waals surface area (Å²) in [5.74, 6) is -0.696. The van der Waals surface area contributed by atoms with E-state index in [9.17, 15) is 14.4 Å². The Labute approximate surface area is 209 Å². The van der Waals surface area contributed by atoms with E-state index in [2.05, 4.69) is 10.6 Å². The summed E-state index contributed by atoms with van der Waals surface area (Å²) in [4.78, 5) is 38.2. The first-order valence-electron chi connectivity index (χ1n) is 11.3. The molecule has 0 bridgehead atoms. The van der Waals surface area contributed by atoms with Crippen LogP contribution in [0.1, 0.15) is 37.6 Å². The largest absolute Gasteiger partial charge is 0.465 e. The number of carbonyl (C=O) groups excluding carboxylic acids is 3. The average molecular weight is 477 g/mol. The number of nitrogens with one attached hydrogen (secondary N) is 2. The highest BCUT2D eigenvalue weighted by atomic mass is 16.3. The molecule has 2 amide bonds. The summed E-state index contributed by atoms with van der Waals surface area (Å²) < 4.78 is 5.30. The summed E-state index contributed by atoms with van der Waals surface area (Å²) in [6.07, 6.45) is 6.24. The minimum absolute atomic E-state index is 0.0140. The fraction of sp³-hybridized carbons (Fsp3) is 0.0333. The maximum Gasteiger partial charge on any atom is 0.272 e. The molecule has 0 saturated heterocycles. The van der Waals surface area contributed by atoms with Crippen LogP contribution in [0.15, 0.2) is 113 Å². The second-order valence-electron chi connectivity index (χ2n) is 7.98. The number of ketones is 1. The van der Waals surface area contributed by atoms with Gasteiger partial charge in [-0.2, -0.15) is 0 Å². The lowest BCUT2D eigenvalue weighted by atomic mass is 10.1. The molecule has 36 heavy (non-hydrogen) atoms. The molecule has 0 fully saturated rings. The number of hydrogen-bond acceptors (Lipinski definition) is 4. The molecule has 6 heteroatoms. The van der Waals surface area contributed by atoms with Gasteiger partial charge in [-0.1, -0.05) is 48.5 Å². The maximum absolute atomic E-state index is 13.0. The van der Waals surface area contributed by atoms with Crippen LogP contribution in [-0.4, -0.2) is 17.6 Å². The standard InChI is InChI=1S/C30H24N2O4/c1-21-8-5-6-9-22(21)15-18-28(33)23-13-16-25(17-14-23)31-30(35)27(20-26-12-7-19-36-26)32-29(34)24-10-3-2-4-11-24/h2-20H,1H3,(H,31,35)(H,32,34)/b18-15+,27-20-. The number of hydrogen-bond donors (Lipinski definition) is 2. The van der Waals surface area contributed by atoms with Gasteiger partial charge in [-0.25, -0.2) is 0 Å². The molecule has 1 aromatic heterocycles. The van der Waals surface area contributed by atoms with Gasteiger partial charge in [-0.3, -0.25) is 14.4 Å². The van der Waals surface area contributed by atoms with E-state index in [1.54, 1.807) is 72.8 Å². The smallest absolute Gasteiger partial charge is 0.272 e. The highest BCUT2D eigenvalue weighted by Crippen LogP contribution is 2.15. The number of amides is 2. The molecule has 0 aliphatic carbocycles. The summed E-state index contributed by atoms with van der Waals surface area (Å²) in [5, 5.41) is 5.39. The van der Waals surface area contributed by atoms with Crippen LogP contribution >= 0.6 is 0 Å². The second kappa shape index (κ2) is 11.4. The molecule has 0 radical (unpaired) electrons. The van der Waals surface area contributed by atoms with Gasteiger partial charge < -0.3 is 15.1 Å². The number of furan rings is 1. The van der Waals surface area contributed by atoms with Gasteiger partial charge in [0.2, 0.25) is 0 Å². The van der Waals surface area contributed by atoms with Crippen molar-refractivity contribution in [2.24, 2.45) is 0 Å². The normalized spacial score (nSPS) is 11.3. The van der Waals surface area contributed by atoms with Crippen molar-refractivity contribution in [1.82, 2.24) is 5.32 Å². The molecular formula is C30H24N2O4. The van der Waals surface area contributed by atoms with Crippen molar-refractivity contribution in [2.45, 2.75) is 6.92 Å². The van der Waals surface area contributed by atoms with Crippen molar-refractivity contribution in [1.29, 1.82) is 0 Å². The molecule has 0 aliphatic heterocycles. The number of aryl methyl sites for hydroxylation is 1. The Hall–Kier alpha value is -4.97. The summed E-state index contributed by atoms with van der Waals surface area (Å²) in [5.41, 5.74) is 3.44. The number of anilines is 1. The molecule has 1 heterocycles. The molecule has 0 spiro atoms. The lowest BCUT2D eigenvalue weighted by Crippen LogP contribution is -2.30. The second-order valence-corrected chi connectivity index (χ2v) is 7.98. The molecule has 0 saturated carbocycles. The van der Waals surface area contributed by atoms with Gasteiger partial charge in [0.1, 0.15) is 11.5 Å². The van der Waals surface area contributed by atoms with Gasteiger partial charge in [-0.15, -0.1) is 0 Å². The van der Waals surface area contributed by atoms with E-state index < -0.39 is 11.8 Å². The lowest BCUT2D eigenvalue weighted by Gasteiger charge is -2.11. The third kappa shape index (κ3) is 6.33. The third-order valence-corrected chi connectivity index (χ3v) is 5.39. The Morgan fingerprint density at radius 3 is 2.19 bits per heavy atom. The summed E-state index contributed by atoms with van der Waals surface area (Å²) in [6.45, 7) is 1.98. The molecule has 178 valence electrons. The Morgan fingerprint density at radius 2 is 1.50 bits per heavy atom. The van der Waals surface area contributed by atoms with Crippen LogP contribution in [0.25, 0.3) is 12.2 Å². The predicted octanol–water partition coefficient (Wildman–Crippen LogP) is 5.89. The Morgan fingerprint density at radius 1 is 0.778 bits per heavy atom. The van der Waals surface area contributed by atoms with Crippen molar-refractivity contribution in [3.63, 3.8) is 0 Å². The van der Waals surface area contributed by atoms with Crippen LogP contribution in [0.3, 0.4) is 0 Å². The molecule has 0 unspecified atom stereocenters. The van der Waals surface area contributed by atoms with Crippen molar-refractivity contribution in [3.8, 4) is 0 Å². The lowest BCUT2D eigenvalue weighted by molar-refractivity contribution is -0.113. The van der Waals surface area contributed by atoms with E-state index in [1.165, 1.54) is 18.4 Å². The van der Waals surface area contributed by atoms with Crippen LogP contribution in [0.4, 0.5) is 5.69 Å². The Balaban J connectivity index is 1.46. The van der Waals surface area contributed by atoms with Gasteiger partial charge in [-0.05, 0) is 72.7 Å². The van der Waals surface area contributed by atoms with Gasteiger partial charge in [0.25, 0.3) is 11.8 Å². The molecule has 3 aromatic carbocycles. The fourth-order valence-electron chi connectivity index (χ4n) is 3.41. The zero-order chi connectivity index (χ0) is 25.3. The van der Waals surface area contributed by atoms with Crippen LogP contribution in [0, 0.1) is 6.92 Å². The van der Waals surface area contributed by atoms with E-state index in [-0.39, 0.29) is 11.5 Å². The Kier molecular flexibility index (Phi) is 7.68. The van der Waals surface area contributed by atoms with Crippen molar-refractivity contribution >= 4 is 35.4 Å². The van der Waals surface area contributed by atoms with E-state index in [0.29, 0.717) is 22.6 Å². The third-order valence-electron chi connectivity index (χ3n) is 5.39. The van der Waals surface area contributed by atoms with Crippen LogP contribution in [0.5, 0.6) is 0 Å². The van der Waals surface area contributed by atoms with E-state index >= 15 is 0 Å². The molecule has 4 aromatic rings. The zero-order valence-electron chi connectivity index (χ0n) is 19.6. The topological polar surface area (TPSA) is 88.4 Å². The fourth-order valence-corrected chi connectivity index (χ4v) is 3.41. The van der Waals surface area contributed by atoms with Crippen molar-refractivity contribution < 1.29 is 18.8 Å². The summed E-state index contributed by atoms with van der Waals surface area (Å²) in [7, 11) is 0. The summed E-state index contributed by atoms with van der Waals surface area (Å²) >= 11 is 0. The van der Waals surface area contributed by atoms with Crippen LogP contribution in [-0.2, 0) is 4.79 Å². The van der Waals surface area contributed by atoms with Gasteiger partial charge >= 0.3 is 0 Å². The highest BCUT2D eigenvalue weighted by Gasteiger charge is 2.16. The minimum atomic E-state index is -0.533. The monoisotopic (exact) mass is 476 g/mol. The first kappa shape index (κ1) is 24.2. The maximum atomic E-state index is 13.0. The van der Waals surface area contributed by atoms with E-state index in [1.807, 2.05) is 31.2 Å². The van der Waals surface area contributed by atoms with Gasteiger partial charge in [0.05, 0.1) is 6.26 Å². The quantitative estimate of drug-likeness (QED) is 0.245. The highest BCUT2D eigenvalue weighted by molar-refractivity contribution is 6.11. The molecule has 0 aliphatic rings. The SMILES string of the molecule is Cc1ccccc1/C=C/C(=O)c1ccc(NC(=O)/C(=C/c2ccco2)NC(=O)c2ccccc2)cc1. The molecule has 4 rings (SSSR count). The molecule has 2 N–H and O–H groups in total. The van der Waals surface area contributed by atoms with Crippen molar-refractivity contribution in [3.05, 3.63) is 137 Å². The number of benzene rings is 3. The van der Waals surface area contributed by atoms with Crippen molar-refractivity contribution in [2.75, 3.05) is 5.32 Å². The van der Waals surface area contributed by atoms with E-state index in [0.717, 1.165) is 11.1 Å². The first-order chi connectivity index (χ1) is 17.5. The number of allylic oxidation sites excluding steroid dienone is 1.